The molecule has 0 radical (unpaired) electrons. The summed E-state index contributed by atoms with van der Waals surface area (Å²) in [6.07, 6.45) is 2.73. The van der Waals surface area contributed by atoms with Crippen molar-refractivity contribution >= 4 is 11.6 Å². The fraction of sp³-hybridized carbons (Fsp3) is 0.385. The molecule has 1 aliphatic heterocycles. The van der Waals surface area contributed by atoms with E-state index in [4.69, 9.17) is 16.3 Å². The van der Waals surface area contributed by atoms with Gasteiger partial charge in [-0.3, -0.25) is 0 Å². The van der Waals surface area contributed by atoms with Crippen molar-refractivity contribution in [3.05, 3.63) is 41.2 Å². The van der Waals surface area contributed by atoms with Gasteiger partial charge < -0.3 is 4.74 Å². The van der Waals surface area contributed by atoms with Crippen LogP contribution in [0.25, 0.3) is 5.69 Å². The molecule has 1 aromatic heterocycles. The highest BCUT2D eigenvalue weighted by atomic mass is 35.5. The molecular formula is C13H14ClN3O. The summed E-state index contributed by atoms with van der Waals surface area (Å²) in [6.45, 7) is 3.42. The molecule has 0 amide bonds. The summed E-state index contributed by atoms with van der Waals surface area (Å²) in [5, 5.41) is 8.16. The van der Waals surface area contributed by atoms with Crippen molar-refractivity contribution in [1.82, 2.24) is 15.0 Å². The molecule has 0 N–H and O–H groups in total. The van der Waals surface area contributed by atoms with Crippen LogP contribution in [0.3, 0.4) is 0 Å². The van der Waals surface area contributed by atoms with Crippen molar-refractivity contribution in [3.63, 3.8) is 0 Å². The minimum Gasteiger partial charge on any atom is -0.372 e. The van der Waals surface area contributed by atoms with Crippen LogP contribution in [0.4, 0.5) is 0 Å². The molecule has 18 heavy (non-hydrogen) atoms. The van der Waals surface area contributed by atoms with Crippen molar-refractivity contribution in [2.45, 2.75) is 31.9 Å². The first-order valence-electron chi connectivity index (χ1n) is 6.04. The van der Waals surface area contributed by atoms with Gasteiger partial charge in [-0.25, -0.2) is 4.68 Å². The first kappa shape index (κ1) is 11.7. The van der Waals surface area contributed by atoms with Gasteiger partial charge in [-0.1, -0.05) is 18.2 Å². The van der Waals surface area contributed by atoms with E-state index >= 15 is 0 Å². The SMILES string of the molecule is CCC(Cl)c1cn(-c2ccc3c(c2)COC3)nn1. The number of hydrogen-bond acceptors (Lipinski definition) is 3. The molecule has 0 aliphatic carbocycles. The van der Waals surface area contributed by atoms with E-state index < -0.39 is 0 Å². The summed E-state index contributed by atoms with van der Waals surface area (Å²) in [5.41, 5.74) is 4.29. The Kier molecular flexibility index (Phi) is 3.06. The van der Waals surface area contributed by atoms with Crippen molar-refractivity contribution < 1.29 is 4.74 Å². The molecule has 0 bridgehead atoms. The summed E-state index contributed by atoms with van der Waals surface area (Å²) in [7, 11) is 0. The first-order valence-corrected chi connectivity index (χ1v) is 6.48. The van der Waals surface area contributed by atoms with Crippen molar-refractivity contribution in [1.29, 1.82) is 0 Å². The van der Waals surface area contributed by atoms with Crippen LogP contribution in [0.15, 0.2) is 24.4 Å². The summed E-state index contributed by atoms with van der Waals surface area (Å²) < 4.78 is 7.16. The highest BCUT2D eigenvalue weighted by Gasteiger charge is 2.14. The van der Waals surface area contributed by atoms with Gasteiger partial charge in [0.15, 0.2) is 0 Å². The molecule has 0 fully saturated rings. The van der Waals surface area contributed by atoms with Gasteiger partial charge in [-0.2, -0.15) is 0 Å². The number of ether oxygens (including phenoxy) is 1. The van der Waals surface area contributed by atoms with E-state index in [-0.39, 0.29) is 5.38 Å². The molecule has 5 heteroatoms. The van der Waals surface area contributed by atoms with Crippen LogP contribution in [0.1, 0.15) is 35.5 Å². The normalized spacial score (nSPS) is 15.7. The quantitative estimate of drug-likeness (QED) is 0.800. The maximum atomic E-state index is 6.15. The minimum absolute atomic E-state index is 0.0727. The van der Waals surface area contributed by atoms with E-state index in [2.05, 4.69) is 22.4 Å². The topological polar surface area (TPSA) is 39.9 Å². The van der Waals surface area contributed by atoms with Crippen molar-refractivity contribution in [2.24, 2.45) is 0 Å². The molecule has 1 aliphatic rings. The lowest BCUT2D eigenvalue weighted by Gasteiger charge is -2.03. The Bertz CT molecular complexity index is 567. The maximum absolute atomic E-state index is 6.15. The van der Waals surface area contributed by atoms with Crippen LogP contribution in [0.5, 0.6) is 0 Å². The monoisotopic (exact) mass is 263 g/mol. The van der Waals surface area contributed by atoms with E-state index in [0.717, 1.165) is 17.8 Å². The van der Waals surface area contributed by atoms with Crippen molar-refractivity contribution in [3.8, 4) is 5.69 Å². The molecule has 0 saturated heterocycles. The largest absolute Gasteiger partial charge is 0.372 e. The van der Waals surface area contributed by atoms with Gasteiger partial charge in [0, 0.05) is 0 Å². The lowest BCUT2D eigenvalue weighted by atomic mass is 10.1. The predicted octanol–water partition coefficient (Wildman–Crippen LogP) is 2.99. The standard InChI is InChI=1S/C13H14ClN3O/c1-2-12(14)13-6-17(16-15-13)11-4-3-9-7-18-8-10(9)5-11/h3-6,12H,2,7-8H2,1H3. The summed E-state index contributed by atoms with van der Waals surface area (Å²) >= 11 is 6.15. The Hall–Kier alpha value is -1.39. The van der Waals surface area contributed by atoms with Gasteiger partial charge in [0.2, 0.25) is 0 Å². The number of fused-ring (bicyclic) bond motifs is 1. The van der Waals surface area contributed by atoms with E-state index in [1.54, 1.807) is 4.68 Å². The van der Waals surface area contributed by atoms with Crippen LogP contribution in [0.2, 0.25) is 0 Å². The predicted molar refractivity (Wildman–Crippen MR) is 68.7 cm³/mol. The van der Waals surface area contributed by atoms with E-state index in [9.17, 15) is 0 Å². The van der Waals surface area contributed by atoms with Gasteiger partial charge in [-0.15, -0.1) is 16.7 Å². The lowest BCUT2D eigenvalue weighted by Crippen LogP contribution is -1.96. The number of halogens is 1. The van der Waals surface area contributed by atoms with Crippen LogP contribution in [-0.4, -0.2) is 15.0 Å². The highest BCUT2D eigenvalue weighted by Crippen LogP contribution is 2.24. The molecule has 94 valence electrons. The fourth-order valence-electron chi connectivity index (χ4n) is 2.06. The molecule has 0 saturated carbocycles. The second-order valence-electron chi connectivity index (χ2n) is 4.41. The smallest absolute Gasteiger partial charge is 0.101 e. The third-order valence-electron chi connectivity index (χ3n) is 3.16. The Labute approximate surface area is 111 Å². The average molecular weight is 264 g/mol. The van der Waals surface area contributed by atoms with Gasteiger partial charge in [0.1, 0.15) is 5.69 Å². The maximum Gasteiger partial charge on any atom is 0.101 e. The zero-order valence-corrected chi connectivity index (χ0v) is 10.9. The van der Waals surface area contributed by atoms with Gasteiger partial charge in [-0.05, 0) is 29.7 Å². The Balaban J connectivity index is 1.92. The van der Waals surface area contributed by atoms with Gasteiger partial charge >= 0.3 is 0 Å². The third-order valence-corrected chi connectivity index (χ3v) is 3.69. The summed E-state index contributed by atoms with van der Waals surface area (Å²) in [5.74, 6) is 0. The molecule has 0 spiro atoms. The van der Waals surface area contributed by atoms with E-state index in [1.165, 1.54) is 11.1 Å². The lowest BCUT2D eigenvalue weighted by molar-refractivity contribution is 0.134. The number of benzene rings is 1. The second kappa shape index (κ2) is 4.71. The number of alkyl halides is 1. The van der Waals surface area contributed by atoms with Gasteiger partial charge in [0.05, 0.1) is 30.5 Å². The van der Waals surface area contributed by atoms with Crippen LogP contribution >= 0.6 is 11.6 Å². The molecule has 4 nitrogen and oxygen atoms in total. The van der Waals surface area contributed by atoms with Crippen LogP contribution < -0.4 is 0 Å². The van der Waals surface area contributed by atoms with Crippen LogP contribution in [0, 0.1) is 0 Å². The number of rotatable bonds is 3. The molecular weight excluding hydrogens is 250 g/mol. The van der Waals surface area contributed by atoms with Crippen molar-refractivity contribution in [2.75, 3.05) is 0 Å². The van der Waals surface area contributed by atoms with E-state index in [0.29, 0.717) is 13.2 Å². The first-order chi connectivity index (χ1) is 8.78. The second-order valence-corrected chi connectivity index (χ2v) is 4.94. The minimum atomic E-state index is -0.0727. The average Bonchev–Trinajstić information content (AvgIpc) is 3.05. The molecule has 1 unspecified atom stereocenters. The molecule has 1 aromatic carbocycles. The summed E-state index contributed by atoms with van der Waals surface area (Å²) in [6, 6.07) is 6.20. The third kappa shape index (κ3) is 2.02. The summed E-state index contributed by atoms with van der Waals surface area (Å²) in [4.78, 5) is 0. The number of nitrogens with zero attached hydrogens (tertiary/aromatic N) is 3. The van der Waals surface area contributed by atoms with E-state index in [1.807, 2.05) is 19.2 Å². The van der Waals surface area contributed by atoms with Crippen LogP contribution in [-0.2, 0) is 18.0 Å². The molecule has 2 aromatic rings. The highest BCUT2D eigenvalue weighted by molar-refractivity contribution is 6.20. The molecule has 2 heterocycles. The fourth-order valence-corrected chi connectivity index (χ4v) is 2.16. The van der Waals surface area contributed by atoms with Gasteiger partial charge in [0.25, 0.3) is 0 Å². The number of aromatic nitrogens is 3. The zero-order valence-electron chi connectivity index (χ0n) is 10.1. The molecule has 1 atom stereocenters. The molecule has 3 rings (SSSR count). The Morgan fingerprint density at radius 2 is 2.22 bits per heavy atom. The Morgan fingerprint density at radius 3 is 3.06 bits per heavy atom. The zero-order chi connectivity index (χ0) is 12.5. The number of hydrogen-bond donors (Lipinski definition) is 0. The Morgan fingerprint density at radius 1 is 1.39 bits per heavy atom.